The lowest BCUT2D eigenvalue weighted by Crippen LogP contribution is -2.34. The van der Waals surface area contributed by atoms with Crippen LogP contribution in [0.4, 0.5) is 0 Å². The van der Waals surface area contributed by atoms with E-state index in [0.29, 0.717) is 6.04 Å². The van der Waals surface area contributed by atoms with Gasteiger partial charge in [-0.3, -0.25) is 0 Å². The minimum Gasteiger partial charge on any atom is -0.469 e. The average molecular weight is 225 g/mol. The molecule has 0 aliphatic heterocycles. The molecule has 0 aliphatic carbocycles. The highest BCUT2D eigenvalue weighted by molar-refractivity contribution is 4.98. The van der Waals surface area contributed by atoms with E-state index in [-0.39, 0.29) is 6.10 Å². The van der Waals surface area contributed by atoms with Gasteiger partial charge in [-0.15, -0.1) is 0 Å². The molecule has 0 aromatic carbocycles. The average Bonchev–Trinajstić information content (AvgIpc) is 2.77. The molecule has 1 aromatic rings. The van der Waals surface area contributed by atoms with Gasteiger partial charge in [0.15, 0.2) is 0 Å². The Balaban J connectivity index is 2.09. The third kappa shape index (κ3) is 5.33. The summed E-state index contributed by atoms with van der Waals surface area (Å²) in [5.41, 5.74) is 0. The highest BCUT2D eigenvalue weighted by atomic mass is 16.5. The fourth-order valence-electron chi connectivity index (χ4n) is 1.63. The molecule has 0 fully saturated rings. The van der Waals surface area contributed by atoms with Crippen LogP contribution in [0.2, 0.25) is 0 Å². The van der Waals surface area contributed by atoms with Crippen molar-refractivity contribution in [3.8, 4) is 0 Å². The summed E-state index contributed by atoms with van der Waals surface area (Å²) in [4.78, 5) is 0. The molecule has 0 aliphatic rings. The Labute approximate surface area is 98.2 Å². The summed E-state index contributed by atoms with van der Waals surface area (Å²) in [6, 6.07) is 4.45. The van der Waals surface area contributed by atoms with E-state index in [4.69, 9.17) is 9.15 Å². The molecule has 92 valence electrons. The van der Waals surface area contributed by atoms with E-state index in [1.807, 2.05) is 19.1 Å². The Hall–Kier alpha value is -0.800. The number of aryl methyl sites for hydroxylation is 1. The van der Waals surface area contributed by atoms with Crippen LogP contribution in [0, 0.1) is 0 Å². The minimum atomic E-state index is 0.288. The summed E-state index contributed by atoms with van der Waals surface area (Å²) in [7, 11) is 0. The number of hydrogen-bond acceptors (Lipinski definition) is 3. The third-order valence-electron chi connectivity index (χ3n) is 2.61. The first-order valence-corrected chi connectivity index (χ1v) is 6.09. The zero-order valence-corrected chi connectivity index (χ0v) is 10.5. The van der Waals surface area contributed by atoms with Crippen molar-refractivity contribution in [2.75, 3.05) is 13.2 Å². The number of rotatable bonds is 8. The Morgan fingerprint density at radius 2 is 2.25 bits per heavy atom. The lowest BCUT2D eigenvalue weighted by atomic mass is 10.1. The highest BCUT2D eigenvalue weighted by Crippen LogP contribution is 2.05. The quantitative estimate of drug-likeness (QED) is 0.738. The maximum absolute atomic E-state index is 5.46. The lowest BCUT2D eigenvalue weighted by molar-refractivity contribution is 0.0741. The van der Waals surface area contributed by atoms with Crippen LogP contribution in [0.25, 0.3) is 0 Å². The summed E-state index contributed by atoms with van der Waals surface area (Å²) in [6.07, 6.45) is 4.09. The smallest absolute Gasteiger partial charge is 0.103 e. The summed E-state index contributed by atoms with van der Waals surface area (Å²) in [5.74, 6) is 1.06. The van der Waals surface area contributed by atoms with Crippen molar-refractivity contribution in [3.05, 3.63) is 24.2 Å². The predicted molar refractivity (Wildman–Crippen MR) is 65.6 cm³/mol. The van der Waals surface area contributed by atoms with Crippen LogP contribution >= 0.6 is 0 Å². The SMILES string of the molecule is CCOC(C)CNC(C)CCc1ccco1. The monoisotopic (exact) mass is 225 g/mol. The summed E-state index contributed by atoms with van der Waals surface area (Å²) in [5, 5.41) is 3.46. The zero-order chi connectivity index (χ0) is 11.8. The van der Waals surface area contributed by atoms with E-state index >= 15 is 0 Å². The maximum atomic E-state index is 5.46. The molecule has 0 saturated heterocycles. The molecule has 2 unspecified atom stereocenters. The van der Waals surface area contributed by atoms with Crippen molar-refractivity contribution < 1.29 is 9.15 Å². The first-order chi connectivity index (χ1) is 7.72. The van der Waals surface area contributed by atoms with E-state index in [9.17, 15) is 0 Å². The molecule has 1 N–H and O–H groups in total. The van der Waals surface area contributed by atoms with Gasteiger partial charge in [0.05, 0.1) is 12.4 Å². The van der Waals surface area contributed by atoms with Crippen molar-refractivity contribution in [1.29, 1.82) is 0 Å². The van der Waals surface area contributed by atoms with E-state index in [2.05, 4.69) is 19.2 Å². The Morgan fingerprint density at radius 3 is 2.88 bits per heavy atom. The Morgan fingerprint density at radius 1 is 1.44 bits per heavy atom. The second kappa shape index (κ2) is 7.47. The molecule has 16 heavy (non-hydrogen) atoms. The Kier molecular flexibility index (Phi) is 6.19. The molecule has 3 heteroatoms. The number of nitrogens with one attached hydrogen (secondary N) is 1. The first kappa shape index (κ1) is 13.3. The van der Waals surface area contributed by atoms with Crippen molar-refractivity contribution in [1.82, 2.24) is 5.32 Å². The van der Waals surface area contributed by atoms with Gasteiger partial charge >= 0.3 is 0 Å². The molecule has 1 rings (SSSR count). The second-order valence-corrected chi connectivity index (χ2v) is 4.19. The number of hydrogen-bond donors (Lipinski definition) is 1. The molecule has 0 saturated carbocycles. The molecule has 0 radical (unpaired) electrons. The van der Waals surface area contributed by atoms with Gasteiger partial charge in [-0.25, -0.2) is 0 Å². The summed E-state index contributed by atoms with van der Waals surface area (Å²) in [6.45, 7) is 8.00. The summed E-state index contributed by atoms with van der Waals surface area (Å²) < 4.78 is 10.8. The van der Waals surface area contributed by atoms with Crippen LogP contribution in [0.1, 0.15) is 33.0 Å². The Bertz CT molecular complexity index is 259. The molecule has 0 amide bonds. The first-order valence-electron chi connectivity index (χ1n) is 6.09. The van der Waals surface area contributed by atoms with Gasteiger partial charge < -0.3 is 14.5 Å². The van der Waals surface area contributed by atoms with Gasteiger partial charge in [0, 0.05) is 25.6 Å². The molecular formula is C13H23NO2. The fourth-order valence-corrected chi connectivity index (χ4v) is 1.63. The minimum absolute atomic E-state index is 0.288. The third-order valence-corrected chi connectivity index (χ3v) is 2.61. The molecule has 3 nitrogen and oxygen atoms in total. The molecular weight excluding hydrogens is 202 g/mol. The predicted octanol–water partition coefficient (Wildman–Crippen LogP) is 2.62. The topological polar surface area (TPSA) is 34.4 Å². The molecule has 0 spiro atoms. The maximum Gasteiger partial charge on any atom is 0.103 e. The van der Waals surface area contributed by atoms with Gasteiger partial charge in [0.2, 0.25) is 0 Å². The summed E-state index contributed by atoms with van der Waals surface area (Å²) >= 11 is 0. The van der Waals surface area contributed by atoms with Crippen molar-refractivity contribution in [2.45, 2.75) is 45.8 Å². The number of ether oxygens (including phenoxy) is 1. The van der Waals surface area contributed by atoms with Gasteiger partial charge in [-0.05, 0) is 39.3 Å². The van der Waals surface area contributed by atoms with Crippen LogP contribution in [0.5, 0.6) is 0 Å². The van der Waals surface area contributed by atoms with Crippen LogP contribution < -0.4 is 5.32 Å². The fraction of sp³-hybridized carbons (Fsp3) is 0.692. The molecule has 0 bridgehead atoms. The second-order valence-electron chi connectivity index (χ2n) is 4.19. The largest absolute Gasteiger partial charge is 0.469 e. The molecule has 1 heterocycles. The zero-order valence-electron chi connectivity index (χ0n) is 10.5. The van der Waals surface area contributed by atoms with Gasteiger partial charge in [-0.1, -0.05) is 0 Å². The van der Waals surface area contributed by atoms with E-state index in [0.717, 1.165) is 31.8 Å². The van der Waals surface area contributed by atoms with Gasteiger partial charge in [0.25, 0.3) is 0 Å². The van der Waals surface area contributed by atoms with Crippen LogP contribution in [-0.4, -0.2) is 25.3 Å². The van der Waals surface area contributed by atoms with Crippen molar-refractivity contribution in [3.63, 3.8) is 0 Å². The number of furan rings is 1. The molecule has 1 aromatic heterocycles. The normalized spacial score (nSPS) is 14.9. The van der Waals surface area contributed by atoms with E-state index < -0.39 is 0 Å². The lowest BCUT2D eigenvalue weighted by Gasteiger charge is -2.17. The van der Waals surface area contributed by atoms with Gasteiger partial charge in [0.1, 0.15) is 5.76 Å². The van der Waals surface area contributed by atoms with Gasteiger partial charge in [-0.2, -0.15) is 0 Å². The van der Waals surface area contributed by atoms with Crippen molar-refractivity contribution >= 4 is 0 Å². The van der Waals surface area contributed by atoms with Crippen molar-refractivity contribution in [2.24, 2.45) is 0 Å². The standard InChI is InChI=1S/C13H23NO2/c1-4-15-12(3)10-14-11(2)7-8-13-6-5-9-16-13/h5-6,9,11-12,14H,4,7-8,10H2,1-3H3. The molecule has 2 atom stereocenters. The van der Waals surface area contributed by atoms with E-state index in [1.54, 1.807) is 6.26 Å². The van der Waals surface area contributed by atoms with Crippen LogP contribution in [-0.2, 0) is 11.2 Å². The van der Waals surface area contributed by atoms with Crippen LogP contribution in [0.3, 0.4) is 0 Å². The van der Waals surface area contributed by atoms with Crippen LogP contribution in [0.15, 0.2) is 22.8 Å². The highest BCUT2D eigenvalue weighted by Gasteiger charge is 2.06. The van der Waals surface area contributed by atoms with E-state index in [1.165, 1.54) is 0 Å².